The third-order valence-corrected chi connectivity index (χ3v) is 14.6. The van der Waals surface area contributed by atoms with Gasteiger partial charge >= 0.3 is 0 Å². The largest absolute Gasteiger partial charge is 0.456 e. The van der Waals surface area contributed by atoms with Crippen LogP contribution in [-0.2, 0) is 0 Å². The van der Waals surface area contributed by atoms with Gasteiger partial charge in [-0.05, 0) is 124 Å². The highest BCUT2D eigenvalue weighted by Gasteiger charge is 2.24. The lowest BCUT2D eigenvalue weighted by molar-refractivity contribution is 0.668. The van der Waals surface area contributed by atoms with E-state index in [1.165, 1.54) is 5.39 Å². The van der Waals surface area contributed by atoms with E-state index >= 15 is 0 Å². The molecule has 73 heavy (non-hydrogen) atoms. The van der Waals surface area contributed by atoms with Gasteiger partial charge in [0.25, 0.3) is 0 Å². The molecule has 15 aromatic rings. The molecule has 12 aromatic carbocycles. The summed E-state index contributed by atoms with van der Waals surface area (Å²) in [5.74, 6) is 0. The number of nitrogens with zero attached hydrogens (tertiary/aromatic N) is 2. The zero-order chi connectivity index (χ0) is 48.0. The summed E-state index contributed by atoms with van der Waals surface area (Å²) < 4.78 is 20.0. The van der Waals surface area contributed by atoms with Crippen LogP contribution in [0.5, 0.6) is 0 Å². The lowest BCUT2D eigenvalue weighted by Crippen LogP contribution is -2.11. The molecule has 0 fully saturated rings. The zero-order valence-corrected chi connectivity index (χ0v) is 39.4. The molecule has 342 valence electrons. The van der Waals surface area contributed by atoms with E-state index in [2.05, 4.69) is 240 Å². The molecule has 0 atom stereocenters. The molecule has 0 N–H and O–H groups in total. The normalized spacial score (nSPS) is 11.8. The maximum atomic E-state index is 7.06. The highest BCUT2D eigenvalue weighted by molar-refractivity contribution is 6.30. The Morgan fingerprint density at radius 1 is 0.233 bits per heavy atom. The van der Waals surface area contributed by atoms with Crippen molar-refractivity contribution >= 4 is 121 Å². The fourth-order valence-corrected chi connectivity index (χ4v) is 11.3. The summed E-state index contributed by atoms with van der Waals surface area (Å²) in [6.45, 7) is 0. The van der Waals surface area contributed by atoms with Crippen molar-refractivity contribution < 1.29 is 13.3 Å². The molecule has 0 aliphatic rings. The van der Waals surface area contributed by atoms with E-state index in [0.29, 0.717) is 0 Å². The van der Waals surface area contributed by atoms with Gasteiger partial charge in [0, 0.05) is 72.1 Å². The monoisotopic (exact) mass is 934 g/mol. The number of benzene rings is 12. The Balaban J connectivity index is 0.854. The van der Waals surface area contributed by atoms with Crippen LogP contribution in [0.1, 0.15) is 0 Å². The molecule has 0 saturated carbocycles. The first-order valence-electron chi connectivity index (χ1n) is 24.7. The van der Waals surface area contributed by atoms with Gasteiger partial charge in [0.2, 0.25) is 0 Å². The summed E-state index contributed by atoms with van der Waals surface area (Å²) >= 11 is 0. The molecule has 0 saturated heterocycles. The van der Waals surface area contributed by atoms with E-state index in [-0.39, 0.29) is 0 Å². The van der Waals surface area contributed by atoms with Crippen LogP contribution >= 0.6 is 0 Å². The third kappa shape index (κ3) is 6.56. The van der Waals surface area contributed by atoms with Crippen LogP contribution in [0.2, 0.25) is 0 Å². The molecule has 0 radical (unpaired) electrons. The first kappa shape index (κ1) is 41.0. The van der Waals surface area contributed by atoms with Crippen molar-refractivity contribution in [1.82, 2.24) is 0 Å². The fourth-order valence-electron chi connectivity index (χ4n) is 11.3. The van der Waals surface area contributed by atoms with Crippen molar-refractivity contribution in [3.05, 3.63) is 255 Å². The van der Waals surface area contributed by atoms with E-state index < -0.39 is 0 Å². The fraction of sp³-hybridized carbons (Fsp3) is 0. The molecule has 0 aliphatic heterocycles. The van der Waals surface area contributed by atoms with E-state index in [1.807, 2.05) is 24.3 Å². The Hall–Kier alpha value is -9.84. The lowest BCUT2D eigenvalue weighted by Gasteiger charge is -2.28. The molecular weight excluding hydrogens is 893 g/mol. The average molecular weight is 935 g/mol. The summed E-state index contributed by atoms with van der Waals surface area (Å²) in [6, 6.07) is 90.3. The summed E-state index contributed by atoms with van der Waals surface area (Å²) in [6.07, 6.45) is 0. The first-order chi connectivity index (χ1) is 36.2. The molecule has 0 amide bonds. The number of hydrogen-bond donors (Lipinski definition) is 0. The third-order valence-electron chi connectivity index (χ3n) is 14.6. The quantitative estimate of drug-likeness (QED) is 0.142. The smallest absolute Gasteiger partial charge is 0.159 e. The molecule has 3 heterocycles. The van der Waals surface area contributed by atoms with Crippen LogP contribution in [0.4, 0.5) is 34.1 Å². The summed E-state index contributed by atoms with van der Waals surface area (Å²) in [7, 11) is 0. The average Bonchev–Trinajstić information content (AvgIpc) is 4.17. The predicted octanol–water partition coefficient (Wildman–Crippen LogP) is 20.0. The van der Waals surface area contributed by atoms with Crippen LogP contribution in [0.3, 0.4) is 0 Å². The molecule has 15 rings (SSSR count). The molecule has 3 aromatic heterocycles. The van der Waals surface area contributed by atoms with Crippen molar-refractivity contribution in [3.63, 3.8) is 0 Å². The topological polar surface area (TPSA) is 45.9 Å². The molecular formula is C68H42N2O3. The number of anilines is 6. The van der Waals surface area contributed by atoms with Crippen LogP contribution in [0, 0.1) is 0 Å². The Morgan fingerprint density at radius 2 is 0.781 bits per heavy atom. The lowest BCUT2D eigenvalue weighted by atomic mass is 9.94. The Labute approximate surface area is 419 Å². The van der Waals surface area contributed by atoms with Crippen molar-refractivity contribution in [2.75, 3.05) is 9.80 Å². The molecule has 5 nitrogen and oxygen atoms in total. The van der Waals surface area contributed by atoms with Gasteiger partial charge in [-0.2, -0.15) is 0 Å². The predicted molar refractivity (Wildman–Crippen MR) is 304 cm³/mol. The summed E-state index contributed by atoms with van der Waals surface area (Å²) in [5, 5.41) is 11.1. The van der Waals surface area contributed by atoms with Gasteiger partial charge in [-0.15, -0.1) is 0 Å². The number of para-hydroxylation sites is 5. The Morgan fingerprint density at radius 3 is 1.60 bits per heavy atom. The maximum absolute atomic E-state index is 7.06. The van der Waals surface area contributed by atoms with Crippen LogP contribution < -0.4 is 9.80 Å². The number of fused-ring (bicyclic) bond motifs is 14. The minimum Gasteiger partial charge on any atom is -0.456 e. The number of furan rings is 3. The van der Waals surface area contributed by atoms with Gasteiger partial charge in [-0.1, -0.05) is 158 Å². The molecule has 0 unspecified atom stereocenters. The Bertz CT molecular complexity index is 4630. The highest BCUT2D eigenvalue weighted by Crippen LogP contribution is 2.48. The Kier molecular flexibility index (Phi) is 9.19. The van der Waals surface area contributed by atoms with Crippen molar-refractivity contribution in [2.45, 2.75) is 0 Å². The molecule has 0 bridgehead atoms. The molecule has 5 heteroatoms. The molecule has 0 aliphatic carbocycles. The van der Waals surface area contributed by atoms with Gasteiger partial charge in [-0.3, -0.25) is 0 Å². The molecule has 0 spiro atoms. The standard InChI is InChI=1S/C68H42N2O3/c1-3-16-44(17-4-1)50-20-9-12-26-60(50)70(61-27-15-25-55-52-22-10-14-29-63(52)72-67(55)61)47-33-30-43(31-34-47)45-32-37-56-58(40-45)51-21-7-8-24-54(51)66-57-38-35-49(42-65(57)73-68(56)66)69(46-18-5-2-6-19-46)48-36-39-64-59(41-48)53-23-11-13-28-62(53)71-64/h1-42H. The van der Waals surface area contributed by atoms with E-state index in [0.717, 1.165) is 138 Å². The van der Waals surface area contributed by atoms with E-state index in [9.17, 15) is 0 Å². The minimum absolute atomic E-state index is 0.831. The van der Waals surface area contributed by atoms with Gasteiger partial charge in [0.15, 0.2) is 5.58 Å². The highest BCUT2D eigenvalue weighted by atomic mass is 16.3. The summed E-state index contributed by atoms with van der Waals surface area (Å²) in [5.41, 5.74) is 15.8. The van der Waals surface area contributed by atoms with Crippen LogP contribution in [0.15, 0.2) is 268 Å². The van der Waals surface area contributed by atoms with Crippen molar-refractivity contribution in [2.24, 2.45) is 0 Å². The first-order valence-corrected chi connectivity index (χ1v) is 24.7. The maximum Gasteiger partial charge on any atom is 0.159 e. The second-order valence-corrected chi connectivity index (χ2v) is 18.8. The minimum atomic E-state index is 0.831. The van der Waals surface area contributed by atoms with Gasteiger partial charge < -0.3 is 23.1 Å². The number of rotatable bonds is 8. The van der Waals surface area contributed by atoms with E-state index in [1.54, 1.807) is 0 Å². The van der Waals surface area contributed by atoms with Crippen molar-refractivity contribution in [3.8, 4) is 22.3 Å². The number of hydrogen-bond acceptors (Lipinski definition) is 5. The zero-order valence-electron chi connectivity index (χ0n) is 39.4. The van der Waals surface area contributed by atoms with Crippen LogP contribution in [-0.4, -0.2) is 0 Å². The van der Waals surface area contributed by atoms with Gasteiger partial charge in [-0.25, -0.2) is 0 Å². The van der Waals surface area contributed by atoms with Crippen molar-refractivity contribution in [1.29, 1.82) is 0 Å². The SMILES string of the molecule is c1ccc(-c2ccccc2N(c2ccc(-c3ccc4c(c3)c3ccccc3c3c5ccc(N(c6ccccc6)c6ccc7oc8ccccc8c7c6)cc5oc43)cc2)c2cccc3c2oc2ccccc23)cc1. The van der Waals surface area contributed by atoms with Gasteiger partial charge in [0.1, 0.15) is 27.9 Å². The van der Waals surface area contributed by atoms with Crippen LogP contribution in [0.25, 0.3) is 110 Å². The second kappa shape index (κ2) is 16.4. The van der Waals surface area contributed by atoms with E-state index in [4.69, 9.17) is 13.3 Å². The summed E-state index contributed by atoms with van der Waals surface area (Å²) in [4.78, 5) is 4.63. The van der Waals surface area contributed by atoms with Gasteiger partial charge in [0.05, 0.1) is 11.4 Å². The second-order valence-electron chi connectivity index (χ2n) is 18.8.